The Morgan fingerprint density at radius 1 is 1.32 bits per heavy atom. The van der Waals surface area contributed by atoms with Crippen molar-refractivity contribution in [1.29, 1.82) is 0 Å². The van der Waals surface area contributed by atoms with E-state index < -0.39 is 0 Å². The molecule has 0 bridgehead atoms. The van der Waals surface area contributed by atoms with E-state index in [1.54, 1.807) is 4.90 Å². The van der Waals surface area contributed by atoms with E-state index in [4.69, 9.17) is 0 Å². The van der Waals surface area contributed by atoms with Crippen LogP contribution in [0.5, 0.6) is 0 Å². The molecule has 0 aliphatic heterocycles. The highest BCUT2D eigenvalue weighted by atomic mass is 16.2. The Hall–Kier alpha value is -1.84. The molecule has 0 heterocycles. The Morgan fingerprint density at radius 2 is 2.00 bits per heavy atom. The third-order valence-electron chi connectivity index (χ3n) is 2.67. The number of rotatable bonds is 5. The molecular weight excluding hydrogens is 240 g/mol. The Morgan fingerprint density at radius 3 is 2.53 bits per heavy atom. The van der Waals surface area contributed by atoms with E-state index in [1.807, 2.05) is 45.0 Å². The second kappa shape index (κ2) is 6.92. The second-order valence-electron chi connectivity index (χ2n) is 5.21. The number of carbonyl (C=O) groups excluding carboxylic acids is 2. The number of nitrogens with one attached hydrogen (secondary N) is 1. The maximum absolute atomic E-state index is 11.9. The monoisotopic (exact) mass is 262 g/mol. The Bertz CT molecular complexity index is 455. The van der Waals surface area contributed by atoms with Crippen molar-refractivity contribution in [3.8, 4) is 0 Å². The fourth-order valence-electron chi connectivity index (χ4n) is 1.84. The quantitative estimate of drug-likeness (QED) is 0.886. The Balaban J connectivity index is 2.60. The molecule has 4 nitrogen and oxygen atoms in total. The van der Waals surface area contributed by atoms with Gasteiger partial charge in [-0.05, 0) is 30.5 Å². The highest BCUT2D eigenvalue weighted by Crippen LogP contribution is 2.09. The summed E-state index contributed by atoms with van der Waals surface area (Å²) in [5, 5.41) is 2.81. The lowest BCUT2D eigenvalue weighted by Gasteiger charge is -2.22. The van der Waals surface area contributed by atoms with Gasteiger partial charge in [0.05, 0.1) is 6.54 Å². The first-order valence-electron chi connectivity index (χ1n) is 6.50. The zero-order valence-electron chi connectivity index (χ0n) is 12.1. The molecule has 104 valence electrons. The van der Waals surface area contributed by atoms with Crippen molar-refractivity contribution in [3.05, 3.63) is 29.8 Å². The number of carbonyl (C=O) groups is 2. The van der Waals surface area contributed by atoms with Crippen molar-refractivity contribution in [1.82, 2.24) is 4.90 Å². The van der Waals surface area contributed by atoms with Crippen LogP contribution >= 0.6 is 0 Å². The van der Waals surface area contributed by atoms with E-state index in [0.29, 0.717) is 12.5 Å². The van der Waals surface area contributed by atoms with Crippen molar-refractivity contribution < 1.29 is 9.59 Å². The first-order chi connectivity index (χ1) is 8.88. The molecular formula is C15H22N2O2. The number of amides is 2. The van der Waals surface area contributed by atoms with Gasteiger partial charge < -0.3 is 10.2 Å². The van der Waals surface area contributed by atoms with Crippen LogP contribution in [0.2, 0.25) is 0 Å². The molecule has 1 aromatic rings. The van der Waals surface area contributed by atoms with E-state index in [0.717, 1.165) is 11.3 Å². The molecule has 1 N–H and O–H groups in total. The van der Waals surface area contributed by atoms with Crippen LogP contribution in [0.3, 0.4) is 0 Å². The molecule has 0 atom stereocenters. The van der Waals surface area contributed by atoms with E-state index in [9.17, 15) is 9.59 Å². The van der Waals surface area contributed by atoms with Gasteiger partial charge in [0.25, 0.3) is 0 Å². The van der Waals surface area contributed by atoms with Crippen molar-refractivity contribution in [2.45, 2.75) is 27.7 Å². The number of aryl methyl sites for hydroxylation is 1. The normalized spacial score (nSPS) is 10.4. The number of benzene rings is 1. The molecule has 1 aromatic carbocycles. The lowest BCUT2D eigenvalue weighted by atomic mass is 10.2. The van der Waals surface area contributed by atoms with Crippen LogP contribution in [-0.4, -0.2) is 29.8 Å². The highest BCUT2D eigenvalue weighted by molar-refractivity contribution is 5.94. The highest BCUT2D eigenvalue weighted by Gasteiger charge is 2.14. The predicted molar refractivity (Wildman–Crippen MR) is 76.9 cm³/mol. The summed E-state index contributed by atoms with van der Waals surface area (Å²) in [5.74, 6) is 0.102. The third-order valence-corrected chi connectivity index (χ3v) is 2.67. The molecule has 0 aromatic heterocycles. The number of hydrogen-bond acceptors (Lipinski definition) is 2. The third kappa shape index (κ3) is 5.55. The van der Waals surface area contributed by atoms with E-state index in [-0.39, 0.29) is 18.4 Å². The van der Waals surface area contributed by atoms with Crippen LogP contribution in [-0.2, 0) is 9.59 Å². The van der Waals surface area contributed by atoms with Crippen LogP contribution < -0.4 is 5.32 Å². The molecule has 4 heteroatoms. The molecule has 0 unspecified atom stereocenters. The first-order valence-corrected chi connectivity index (χ1v) is 6.50. The summed E-state index contributed by atoms with van der Waals surface area (Å²) >= 11 is 0. The molecule has 0 aliphatic carbocycles. The van der Waals surface area contributed by atoms with Gasteiger partial charge in [-0.15, -0.1) is 0 Å². The zero-order valence-corrected chi connectivity index (χ0v) is 12.1. The van der Waals surface area contributed by atoms with Gasteiger partial charge >= 0.3 is 0 Å². The summed E-state index contributed by atoms with van der Waals surface area (Å²) < 4.78 is 0. The maximum atomic E-state index is 11.9. The molecule has 2 amide bonds. The van der Waals surface area contributed by atoms with Crippen molar-refractivity contribution in [3.63, 3.8) is 0 Å². The fourth-order valence-corrected chi connectivity index (χ4v) is 1.84. The van der Waals surface area contributed by atoms with Crippen molar-refractivity contribution in [2.24, 2.45) is 5.92 Å². The van der Waals surface area contributed by atoms with Gasteiger partial charge in [-0.25, -0.2) is 0 Å². The molecule has 1 rings (SSSR count). The van der Waals surface area contributed by atoms with E-state index >= 15 is 0 Å². The summed E-state index contributed by atoms with van der Waals surface area (Å²) in [6, 6.07) is 7.60. The molecule has 0 fully saturated rings. The topological polar surface area (TPSA) is 49.4 Å². The second-order valence-corrected chi connectivity index (χ2v) is 5.21. The molecule has 0 radical (unpaired) electrons. The maximum Gasteiger partial charge on any atom is 0.243 e. The number of anilines is 1. The first kappa shape index (κ1) is 15.2. The molecule has 0 saturated heterocycles. The average Bonchev–Trinajstić information content (AvgIpc) is 2.27. The molecule has 19 heavy (non-hydrogen) atoms. The van der Waals surface area contributed by atoms with Gasteiger partial charge in [-0.1, -0.05) is 26.0 Å². The zero-order chi connectivity index (χ0) is 14.4. The van der Waals surface area contributed by atoms with Crippen molar-refractivity contribution in [2.75, 3.05) is 18.4 Å². The van der Waals surface area contributed by atoms with Crippen LogP contribution in [0.4, 0.5) is 5.69 Å². The summed E-state index contributed by atoms with van der Waals surface area (Å²) in [6.07, 6.45) is 0. The van der Waals surface area contributed by atoms with Crippen LogP contribution in [0.15, 0.2) is 24.3 Å². The lowest BCUT2D eigenvalue weighted by molar-refractivity contribution is -0.133. The Labute approximate surface area is 114 Å². The molecule has 0 spiro atoms. The summed E-state index contributed by atoms with van der Waals surface area (Å²) in [4.78, 5) is 24.9. The minimum Gasteiger partial charge on any atom is -0.333 e. The lowest BCUT2D eigenvalue weighted by Crippen LogP contribution is -2.38. The van der Waals surface area contributed by atoms with E-state index in [2.05, 4.69) is 5.32 Å². The Kier molecular flexibility index (Phi) is 5.55. The summed E-state index contributed by atoms with van der Waals surface area (Å²) in [6.45, 7) is 8.19. The number of nitrogens with zero attached hydrogens (tertiary/aromatic N) is 1. The predicted octanol–water partition coefficient (Wildman–Crippen LogP) is 2.44. The largest absolute Gasteiger partial charge is 0.333 e. The number of hydrogen-bond donors (Lipinski definition) is 1. The standard InChI is InChI=1S/C15H22N2O2/c1-11(2)9-17(13(4)18)10-15(19)16-14-7-5-6-12(3)8-14/h5-8,11H,9-10H2,1-4H3,(H,16,19). The van der Waals surface area contributed by atoms with Gasteiger partial charge in [-0.3, -0.25) is 9.59 Å². The van der Waals surface area contributed by atoms with Gasteiger partial charge in [-0.2, -0.15) is 0 Å². The van der Waals surface area contributed by atoms with E-state index in [1.165, 1.54) is 6.92 Å². The summed E-state index contributed by atoms with van der Waals surface area (Å²) in [5.41, 5.74) is 1.85. The van der Waals surface area contributed by atoms with Gasteiger partial charge in [0.2, 0.25) is 11.8 Å². The molecule has 0 aliphatic rings. The van der Waals surface area contributed by atoms with Gasteiger partial charge in [0, 0.05) is 19.2 Å². The van der Waals surface area contributed by atoms with Crippen LogP contribution in [0.1, 0.15) is 26.3 Å². The average molecular weight is 262 g/mol. The fraction of sp³-hybridized carbons (Fsp3) is 0.467. The molecule has 0 saturated carbocycles. The smallest absolute Gasteiger partial charge is 0.243 e. The minimum absolute atomic E-state index is 0.0758. The van der Waals surface area contributed by atoms with Crippen molar-refractivity contribution >= 4 is 17.5 Å². The summed E-state index contributed by atoms with van der Waals surface area (Å²) in [7, 11) is 0. The van der Waals surface area contributed by atoms with Crippen LogP contribution in [0, 0.1) is 12.8 Å². The van der Waals surface area contributed by atoms with Crippen LogP contribution in [0.25, 0.3) is 0 Å². The van der Waals surface area contributed by atoms with Gasteiger partial charge in [0.15, 0.2) is 0 Å². The van der Waals surface area contributed by atoms with Gasteiger partial charge in [0.1, 0.15) is 0 Å². The SMILES string of the molecule is CC(=O)N(CC(=O)Nc1cccc(C)c1)CC(C)C. The minimum atomic E-state index is -0.165.